The predicted octanol–water partition coefficient (Wildman–Crippen LogP) is 3.26. The number of unbranched alkanes of at least 4 members (excludes halogenated alkanes) is 1. The van der Waals surface area contributed by atoms with Crippen LogP contribution in [0.2, 0.25) is 0 Å². The van der Waals surface area contributed by atoms with Crippen LogP contribution < -0.4 is 0 Å². The van der Waals surface area contributed by atoms with Crippen molar-refractivity contribution in [2.45, 2.75) is 45.1 Å². The molecule has 3 heteroatoms. The van der Waals surface area contributed by atoms with Crippen LogP contribution in [0.3, 0.4) is 0 Å². The van der Waals surface area contributed by atoms with Gasteiger partial charge in [-0.1, -0.05) is 57.0 Å². The Morgan fingerprint density at radius 2 is 1.95 bits per heavy atom. The minimum absolute atomic E-state index is 0.332. The molecule has 0 aliphatic heterocycles. The van der Waals surface area contributed by atoms with Crippen LogP contribution in [0.1, 0.15) is 45.1 Å². The summed E-state index contributed by atoms with van der Waals surface area (Å²) in [5.74, 6) is -0.841. The number of aliphatic hydroxyl groups is 1. The van der Waals surface area contributed by atoms with E-state index in [0.29, 0.717) is 12.8 Å². The molecule has 0 fully saturated rings. The molecule has 0 amide bonds. The number of carbonyl (C=O) groups is 1. The third kappa shape index (κ3) is 3.57. The summed E-state index contributed by atoms with van der Waals surface area (Å²) < 4.78 is 4.88. The second-order valence-electron chi connectivity index (χ2n) is 4.86. The third-order valence-corrected chi connectivity index (χ3v) is 3.72. The smallest absolute Gasteiger partial charge is 0.311 e. The van der Waals surface area contributed by atoms with Crippen LogP contribution in [-0.2, 0) is 15.1 Å². The summed E-state index contributed by atoms with van der Waals surface area (Å²) in [4.78, 5) is 12.0. The normalized spacial score (nSPS) is 15.6. The maximum atomic E-state index is 12.0. The molecule has 0 aliphatic carbocycles. The van der Waals surface area contributed by atoms with Gasteiger partial charge in [-0.2, -0.15) is 0 Å². The van der Waals surface area contributed by atoms with Crippen molar-refractivity contribution < 1.29 is 14.6 Å². The molecule has 2 unspecified atom stereocenters. The van der Waals surface area contributed by atoms with E-state index in [4.69, 9.17) is 4.74 Å². The van der Waals surface area contributed by atoms with Gasteiger partial charge < -0.3 is 9.84 Å². The van der Waals surface area contributed by atoms with Crippen molar-refractivity contribution in [2.24, 2.45) is 5.92 Å². The zero-order chi connectivity index (χ0) is 14.3. The fraction of sp³-hybridized carbons (Fsp3) is 0.562. The standard InChI is InChI=1S/C16H24O3/c1-4-6-12-14(15(17)19-3)16(18,5-2)13-10-8-7-9-11-13/h7-11,14,18H,4-6,12H2,1-3H3. The van der Waals surface area contributed by atoms with Gasteiger partial charge >= 0.3 is 5.97 Å². The van der Waals surface area contributed by atoms with Crippen LogP contribution in [0, 0.1) is 5.92 Å². The fourth-order valence-electron chi connectivity index (χ4n) is 2.48. The molecule has 1 aromatic carbocycles. The first kappa shape index (κ1) is 15.7. The molecule has 3 nitrogen and oxygen atoms in total. The number of carbonyl (C=O) groups excluding carboxylic acids is 1. The van der Waals surface area contributed by atoms with E-state index in [1.54, 1.807) is 0 Å². The molecule has 1 rings (SSSR count). The summed E-state index contributed by atoms with van der Waals surface area (Å²) in [6, 6.07) is 9.39. The van der Waals surface area contributed by atoms with Gasteiger partial charge in [0.1, 0.15) is 5.60 Å². The first-order valence-electron chi connectivity index (χ1n) is 6.95. The molecule has 0 bridgehead atoms. The van der Waals surface area contributed by atoms with Crippen LogP contribution in [0.25, 0.3) is 0 Å². The van der Waals surface area contributed by atoms with Gasteiger partial charge in [-0.3, -0.25) is 4.79 Å². The summed E-state index contributed by atoms with van der Waals surface area (Å²) in [6.45, 7) is 3.97. The molecular formula is C16H24O3. The average Bonchev–Trinajstić information content (AvgIpc) is 2.47. The van der Waals surface area contributed by atoms with Crippen molar-refractivity contribution >= 4 is 5.97 Å². The highest BCUT2D eigenvalue weighted by molar-refractivity contribution is 5.74. The van der Waals surface area contributed by atoms with E-state index in [-0.39, 0.29) is 5.97 Å². The van der Waals surface area contributed by atoms with Gasteiger partial charge in [-0.05, 0) is 18.4 Å². The van der Waals surface area contributed by atoms with Gasteiger partial charge in [0.15, 0.2) is 0 Å². The van der Waals surface area contributed by atoms with Gasteiger partial charge in [-0.15, -0.1) is 0 Å². The lowest BCUT2D eigenvalue weighted by Crippen LogP contribution is -2.40. The van der Waals surface area contributed by atoms with Gasteiger partial charge in [0.25, 0.3) is 0 Å². The van der Waals surface area contributed by atoms with Crippen molar-refractivity contribution in [1.82, 2.24) is 0 Å². The zero-order valence-electron chi connectivity index (χ0n) is 12.1. The number of ether oxygens (including phenoxy) is 1. The van der Waals surface area contributed by atoms with Gasteiger partial charge in [0.2, 0.25) is 0 Å². The summed E-state index contributed by atoms with van der Waals surface area (Å²) in [7, 11) is 1.38. The quantitative estimate of drug-likeness (QED) is 0.769. The molecule has 19 heavy (non-hydrogen) atoms. The molecule has 106 valence electrons. The lowest BCUT2D eigenvalue weighted by Gasteiger charge is -2.34. The molecule has 0 heterocycles. The van der Waals surface area contributed by atoms with Crippen molar-refractivity contribution in [3.63, 3.8) is 0 Å². The summed E-state index contributed by atoms with van der Waals surface area (Å²) in [5, 5.41) is 11.0. The molecule has 1 aromatic rings. The van der Waals surface area contributed by atoms with Gasteiger partial charge in [-0.25, -0.2) is 0 Å². The molecular weight excluding hydrogens is 240 g/mol. The van der Waals surface area contributed by atoms with Crippen LogP contribution in [0.4, 0.5) is 0 Å². The fourth-order valence-corrected chi connectivity index (χ4v) is 2.48. The Morgan fingerprint density at radius 3 is 2.42 bits per heavy atom. The largest absolute Gasteiger partial charge is 0.469 e. The Hall–Kier alpha value is -1.35. The van der Waals surface area contributed by atoms with E-state index in [1.165, 1.54) is 7.11 Å². The van der Waals surface area contributed by atoms with Gasteiger partial charge in [0.05, 0.1) is 13.0 Å². The van der Waals surface area contributed by atoms with Crippen LogP contribution in [-0.4, -0.2) is 18.2 Å². The zero-order valence-corrected chi connectivity index (χ0v) is 12.1. The first-order chi connectivity index (χ1) is 9.10. The maximum Gasteiger partial charge on any atom is 0.311 e. The third-order valence-electron chi connectivity index (χ3n) is 3.72. The van der Waals surface area contributed by atoms with Crippen molar-refractivity contribution in [2.75, 3.05) is 7.11 Å². The highest BCUT2D eigenvalue weighted by Crippen LogP contribution is 2.36. The van der Waals surface area contributed by atoms with E-state index in [1.807, 2.05) is 37.3 Å². The van der Waals surface area contributed by atoms with E-state index < -0.39 is 11.5 Å². The second-order valence-corrected chi connectivity index (χ2v) is 4.86. The van der Waals surface area contributed by atoms with E-state index in [9.17, 15) is 9.90 Å². The number of benzene rings is 1. The van der Waals surface area contributed by atoms with Crippen molar-refractivity contribution in [3.8, 4) is 0 Å². The summed E-state index contributed by atoms with van der Waals surface area (Å²) in [5.41, 5.74) is -0.368. The van der Waals surface area contributed by atoms with E-state index in [2.05, 4.69) is 6.92 Å². The summed E-state index contributed by atoms with van der Waals surface area (Å²) >= 11 is 0. The lowest BCUT2D eigenvalue weighted by molar-refractivity contribution is -0.158. The second kappa shape index (κ2) is 7.29. The molecule has 2 atom stereocenters. The molecule has 0 saturated carbocycles. The SMILES string of the molecule is CCCCC(C(=O)OC)C(O)(CC)c1ccccc1. The Labute approximate surface area is 115 Å². The molecule has 1 N–H and O–H groups in total. The van der Waals surface area contributed by atoms with Crippen LogP contribution >= 0.6 is 0 Å². The lowest BCUT2D eigenvalue weighted by atomic mass is 9.77. The number of hydrogen-bond acceptors (Lipinski definition) is 3. The number of hydrogen-bond donors (Lipinski definition) is 1. The maximum absolute atomic E-state index is 12.0. The van der Waals surface area contributed by atoms with Crippen LogP contribution in [0.15, 0.2) is 30.3 Å². The molecule has 0 aromatic heterocycles. The van der Waals surface area contributed by atoms with Gasteiger partial charge in [0, 0.05) is 0 Å². The monoisotopic (exact) mass is 264 g/mol. The number of methoxy groups -OCH3 is 1. The Bertz CT molecular complexity index is 388. The number of rotatable bonds is 7. The predicted molar refractivity (Wildman–Crippen MR) is 75.7 cm³/mol. The van der Waals surface area contributed by atoms with Crippen molar-refractivity contribution in [1.29, 1.82) is 0 Å². The molecule has 0 spiro atoms. The Morgan fingerprint density at radius 1 is 1.32 bits per heavy atom. The highest BCUT2D eigenvalue weighted by atomic mass is 16.5. The molecule has 0 saturated heterocycles. The molecule has 0 radical (unpaired) electrons. The highest BCUT2D eigenvalue weighted by Gasteiger charge is 2.41. The van der Waals surface area contributed by atoms with E-state index >= 15 is 0 Å². The summed E-state index contributed by atoms with van der Waals surface area (Å²) in [6.07, 6.45) is 3.01. The Kier molecular flexibility index (Phi) is 6.03. The first-order valence-corrected chi connectivity index (χ1v) is 6.95. The topological polar surface area (TPSA) is 46.5 Å². The Balaban J connectivity index is 3.10. The average molecular weight is 264 g/mol. The molecule has 0 aliphatic rings. The number of esters is 1. The minimum Gasteiger partial charge on any atom is -0.469 e. The minimum atomic E-state index is -1.15. The van der Waals surface area contributed by atoms with Crippen LogP contribution in [0.5, 0.6) is 0 Å². The van der Waals surface area contributed by atoms with E-state index in [0.717, 1.165) is 18.4 Å². The van der Waals surface area contributed by atoms with Crippen molar-refractivity contribution in [3.05, 3.63) is 35.9 Å².